The molecule has 0 spiro atoms. The number of hydrogen-bond acceptors (Lipinski definition) is 4. The molecule has 4 heteroatoms. The molecule has 0 radical (unpaired) electrons. The average Bonchev–Trinajstić information content (AvgIpc) is 2.84. The highest BCUT2D eigenvalue weighted by atomic mass is 32.2. The van der Waals surface area contributed by atoms with E-state index in [0.29, 0.717) is 0 Å². The van der Waals surface area contributed by atoms with Gasteiger partial charge in [-0.15, -0.1) is 0 Å². The highest BCUT2D eigenvalue weighted by Crippen LogP contribution is 2.13. The van der Waals surface area contributed by atoms with Crippen LogP contribution in [-0.2, 0) is 12.3 Å². The molecule has 3 nitrogen and oxygen atoms in total. The normalized spacial score (nSPS) is 17.2. The molecule has 2 rings (SSSR count). The van der Waals surface area contributed by atoms with E-state index in [1.165, 1.54) is 38.9 Å². The van der Waals surface area contributed by atoms with E-state index in [-0.39, 0.29) is 0 Å². The fourth-order valence-corrected chi connectivity index (χ4v) is 2.81. The molecule has 0 aliphatic carbocycles. The van der Waals surface area contributed by atoms with Crippen LogP contribution in [0.4, 0.5) is 0 Å². The molecule has 0 saturated carbocycles. The van der Waals surface area contributed by atoms with Crippen LogP contribution in [0.1, 0.15) is 30.8 Å². The van der Waals surface area contributed by atoms with Crippen LogP contribution in [0, 0.1) is 0 Å². The second-order valence-corrected chi connectivity index (χ2v) is 5.75. The first kappa shape index (κ1) is 14.0. The minimum atomic E-state index is 0.849. The van der Waals surface area contributed by atoms with Crippen LogP contribution in [-0.4, -0.2) is 37.3 Å². The van der Waals surface area contributed by atoms with Crippen molar-refractivity contribution in [2.75, 3.05) is 32.4 Å². The van der Waals surface area contributed by atoms with E-state index in [2.05, 4.69) is 28.6 Å². The molecule has 1 aliphatic heterocycles. The maximum absolute atomic E-state index is 5.72. The van der Waals surface area contributed by atoms with Crippen LogP contribution in [0.25, 0.3) is 0 Å². The van der Waals surface area contributed by atoms with Gasteiger partial charge in [0.2, 0.25) is 0 Å². The fourth-order valence-electron chi connectivity index (χ4n) is 2.37. The van der Waals surface area contributed by atoms with E-state index in [4.69, 9.17) is 4.42 Å². The first-order valence-corrected chi connectivity index (χ1v) is 8.27. The van der Waals surface area contributed by atoms with Gasteiger partial charge in [-0.1, -0.05) is 6.42 Å². The molecule has 1 aromatic heterocycles. The topological polar surface area (TPSA) is 28.4 Å². The highest BCUT2D eigenvalue weighted by molar-refractivity contribution is 7.97. The Morgan fingerprint density at radius 3 is 2.78 bits per heavy atom. The van der Waals surface area contributed by atoms with Gasteiger partial charge in [0.1, 0.15) is 11.5 Å². The second-order valence-electron chi connectivity index (χ2n) is 4.88. The summed E-state index contributed by atoms with van der Waals surface area (Å²) in [5.41, 5.74) is 0. The van der Waals surface area contributed by atoms with E-state index in [1.807, 2.05) is 0 Å². The fraction of sp³-hybridized carbons (Fsp3) is 0.714. The zero-order valence-corrected chi connectivity index (χ0v) is 12.1. The quantitative estimate of drug-likeness (QED) is 0.770. The first-order chi connectivity index (χ1) is 8.88. The molecule has 0 amide bonds. The lowest BCUT2D eigenvalue weighted by Gasteiger charge is -2.26. The number of nitrogens with zero attached hydrogens (tertiary/aromatic N) is 1. The van der Waals surface area contributed by atoms with Gasteiger partial charge < -0.3 is 14.6 Å². The van der Waals surface area contributed by atoms with Gasteiger partial charge in [0.15, 0.2) is 0 Å². The Bertz CT molecular complexity index is 334. The van der Waals surface area contributed by atoms with E-state index >= 15 is 0 Å². The Labute approximate surface area is 114 Å². The number of rotatable bonds is 7. The van der Waals surface area contributed by atoms with Crippen molar-refractivity contribution in [1.29, 1.82) is 0 Å². The summed E-state index contributed by atoms with van der Waals surface area (Å²) < 4.78 is 5.72. The zero-order chi connectivity index (χ0) is 12.6. The number of nitrogens with one attached hydrogen (secondary N) is 1. The molecule has 0 bridgehead atoms. The second kappa shape index (κ2) is 7.87. The van der Waals surface area contributed by atoms with Crippen LogP contribution in [0.3, 0.4) is 0 Å². The predicted molar refractivity (Wildman–Crippen MR) is 77.9 cm³/mol. The van der Waals surface area contributed by atoms with Crippen molar-refractivity contribution >= 4 is 11.8 Å². The molecule has 2 heterocycles. The number of furan rings is 1. The van der Waals surface area contributed by atoms with Crippen molar-refractivity contribution in [2.24, 2.45) is 0 Å². The Hall–Kier alpha value is -0.450. The Morgan fingerprint density at radius 1 is 1.22 bits per heavy atom. The zero-order valence-electron chi connectivity index (χ0n) is 11.3. The SMILES string of the molecule is CSCc1ccc(CNCCN2CCCCC2)o1. The largest absolute Gasteiger partial charge is 0.464 e. The van der Waals surface area contributed by atoms with Gasteiger partial charge in [0, 0.05) is 13.1 Å². The lowest BCUT2D eigenvalue weighted by atomic mass is 10.1. The molecule has 0 aromatic carbocycles. The molecule has 1 fully saturated rings. The molecular formula is C14H24N2OS. The van der Waals surface area contributed by atoms with Crippen LogP contribution >= 0.6 is 11.8 Å². The highest BCUT2D eigenvalue weighted by Gasteiger charge is 2.09. The molecule has 1 aromatic rings. The molecular weight excluding hydrogens is 244 g/mol. The molecule has 102 valence electrons. The van der Waals surface area contributed by atoms with Crippen molar-refractivity contribution in [1.82, 2.24) is 10.2 Å². The third-order valence-electron chi connectivity index (χ3n) is 3.36. The standard InChI is InChI=1S/C14H24N2OS/c1-18-12-14-6-5-13(17-14)11-15-7-10-16-8-3-2-4-9-16/h5-6,15H,2-4,7-12H2,1H3. The number of piperidine rings is 1. The van der Waals surface area contributed by atoms with Gasteiger partial charge >= 0.3 is 0 Å². The minimum Gasteiger partial charge on any atom is -0.464 e. The van der Waals surface area contributed by atoms with Gasteiger partial charge in [-0.2, -0.15) is 11.8 Å². The Kier molecular flexibility index (Phi) is 6.11. The van der Waals surface area contributed by atoms with Crippen molar-refractivity contribution in [2.45, 2.75) is 31.6 Å². The van der Waals surface area contributed by atoms with Crippen LogP contribution in [0.2, 0.25) is 0 Å². The predicted octanol–water partition coefficient (Wildman–Crippen LogP) is 2.72. The monoisotopic (exact) mass is 268 g/mol. The van der Waals surface area contributed by atoms with Gasteiger partial charge in [-0.05, 0) is 44.3 Å². The van der Waals surface area contributed by atoms with E-state index < -0.39 is 0 Å². The van der Waals surface area contributed by atoms with Crippen molar-refractivity contribution < 1.29 is 4.42 Å². The molecule has 0 atom stereocenters. The third kappa shape index (κ3) is 4.67. The summed E-state index contributed by atoms with van der Waals surface area (Å²) in [7, 11) is 0. The summed E-state index contributed by atoms with van der Waals surface area (Å²) in [6, 6.07) is 4.16. The summed E-state index contributed by atoms with van der Waals surface area (Å²) in [5, 5.41) is 3.46. The van der Waals surface area contributed by atoms with Gasteiger partial charge in [0.25, 0.3) is 0 Å². The number of likely N-dealkylation sites (tertiary alicyclic amines) is 1. The van der Waals surface area contributed by atoms with Crippen molar-refractivity contribution in [3.63, 3.8) is 0 Å². The molecule has 1 saturated heterocycles. The Balaban J connectivity index is 1.59. The van der Waals surface area contributed by atoms with Crippen LogP contribution < -0.4 is 5.32 Å². The molecule has 1 aliphatic rings. The van der Waals surface area contributed by atoms with Crippen molar-refractivity contribution in [3.8, 4) is 0 Å². The summed E-state index contributed by atoms with van der Waals surface area (Å²) in [6.45, 7) is 5.62. The maximum atomic E-state index is 5.72. The third-order valence-corrected chi connectivity index (χ3v) is 3.93. The summed E-state index contributed by atoms with van der Waals surface area (Å²) >= 11 is 1.79. The van der Waals surface area contributed by atoms with E-state index in [9.17, 15) is 0 Å². The van der Waals surface area contributed by atoms with Crippen LogP contribution in [0.5, 0.6) is 0 Å². The maximum Gasteiger partial charge on any atom is 0.118 e. The van der Waals surface area contributed by atoms with E-state index in [0.717, 1.165) is 30.4 Å². The molecule has 18 heavy (non-hydrogen) atoms. The summed E-state index contributed by atoms with van der Waals surface area (Å²) in [5.74, 6) is 3.10. The number of hydrogen-bond donors (Lipinski definition) is 1. The minimum absolute atomic E-state index is 0.849. The average molecular weight is 268 g/mol. The van der Waals surface area contributed by atoms with Gasteiger partial charge in [-0.3, -0.25) is 0 Å². The lowest BCUT2D eigenvalue weighted by Crippen LogP contribution is -2.35. The molecule has 0 unspecified atom stereocenters. The summed E-state index contributed by atoms with van der Waals surface area (Å²) in [4.78, 5) is 2.55. The smallest absolute Gasteiger partial charge is 0.118 e. The van der Waals surface area contributed by atoms with Crippen LogP contribution in [0.15, 0.2) is 16.5 Å². The molecule has 1 N–H and O–H groups in total. The first-order valence-electron chi connectivity index (χ1n) is 6.88. The van der Waals surface area contributed by atoms with Crippen molar-refractivity contribution in [3.05, 3.63) is 23.7 Å². The van der Waals surface area contributed by atoms with Gasteiger partial charge in [0.05, 0.1) is 12.3 Å². The lowest BCUT2D eigenvalue weighted by molar-refractivity contribution is 0.228. The number of thioether (sulfide) groups is 1. The Morgan fingerprint density at radius 2 is 2.00 bits per heavy atom. The summed E-state index contributed by atoms with van der Waals surface area (Å²) in [6.07, 6.45) is 6.25. The van der Waals surface area contributed by atoms with Gasteiger partial charge in [-0.25, -0.2) is 0 Å². The van der Waals surface area contributed by atoms with E-state index in [1.54, 1.807) is 11.8 Å².